The number of ether oxygens (including phenoxy) is 2. The van der Waals surface area contributed by atoms with E-state index in [4.69, 9.17) is 15.2 Å². The largest absolute Gasteiger partial charge is 0.379 e. The number of carbonyl (C=O) groups is 2. The van der Waals surface area contributed by atoms with E-state index in [0.29, 0.717) is 19.8 Å². The van der Waals surface area contributed by atoms with Crippen LogP contribution in [0.1, 0.15) is 181 Å². The van der Waals surface area contributed by atoms with Gasteiger partial charge < -0.3 is 20.5 Å². The van der Waals surface area contributed by atoms with Gasteiger partial charge in [0.05, 0.1) is 12.7 Å². The summed E-state index contributed by atoms with van der Waals surface area (Å²) in [5, 5.41) is 2.88. The average Bonchev–Trinajstić information content (AvgIpc) is 2.96. The summed E-state index contributed by atoms with van der Waals surface area (Å²) < 4.78 is 12.0. The predicted octanol–water partition coefficient (Wildman–Crippen LogP) is 9.17. The summed E-state index contributed by atoms with van der Waals surface area (Å²) in [6.45, 7) is 6.88. The van der Waals surface area contributed by atoms with Crippen LogP contribution in [0.15, 0.2) is 0 Å². The van der Waals surface area contributed by atoms with Crippen LogP contribution in [0.4, 0.5) is 0 Å². The van der Waals surface area contributed by atoms with Crippen LogP contribution in [0, 0.1) is 0 Å². The van der Waals surface area contributed by atoms with Gasteiger partial charge in [-0.1, -0.05) is 155 Å². The number of rotatable bonds is 34. The molecule has 0 bridgehead atoms. The third kappa shape index (κ3) is 33.2. The van der Waals surface area contributed by atoms with E-state index in [1.807, 2.05) is 0 Å². The molecule has 3 N–H and O–H groups in total. The second-order valence-corrected chi connectivity index (χ2v) is 12.1. The van der Waals surface area contributed by atoms with Gasteiger partial charge in [-0.25, -0.2) is 0 Å². The van der Waals surface area contributed by atoms with E-state index in [2.05, 4.69) is 19.2 Å². The van der Waals surface area contributed by atoms with Crippen molar-refractivity contribution in [3.05, 3.63) is 0 Å². The van der Waals surface area contributed by atoms with Gasteiger partial charge in [-0.05, 0) is 12.8 Å². The molecule has 0 aliphatic heterocycles. The first-order valence-corrected chi connectivity index (χ1v) is 17.8. The van der Waals surface area contributed by atoms with E-state index < -0.39 is 5.91 Å². The molecule has 0 aliphatic rings. The van der Waals surface area contributed by atoms with Crippen LogP contribution in [-0.2, 0) is 19.1 Å². The number of nitrogens with one attached hydrogen (secondary N) is 1. The van der Waals surface area contributed by atoms with Crippen LogP contribution in [0.2, 0.25) is 0 Å². The van der Waals surface area contributed by atoms with Crippen molar-refractivity contribution in [3.63, 3.8) is 0 Å². The van der Waals surface area contributed by atoms with Crippen molar-refractivity contribution in [1.29, 1.82) is 0 Å². The quantitative estimate of drug-likeness (QED) is 0.0740. The van der Waals surface area contributed by atoms with Gasteiger partial charge in [-0.2, -0.15) is 0 Å². The number of unbranched alkanes of at least 4 members (excludes halogenated alkanes) is 22. The molecule has 0 aromatic heterocycles. The van der Waals surface area contributed by atoms with Crippen LogP contribution in [0.5, 0.6) is 0 Å². The first kappa shape index (κ1) is 39.9. The monoisotopic (exact) mass is 583 g/mol. The fourth-order valence-corrected chi connectivity index (χ4v) is 5.17. The van der Waals surface area contributed by atoms with Crippen molar-refractivity contribution in [3.8, 4) is 0 Å². The molecule has 0 saturated heterocycles. The molecule has 0 aromatic rings. The van der Waals surface area contributed by atoms with Gasteiger partial charge in [0.2, 0.25) is 11.8 Å². The Morgan fingerprint density at radius 1 is 0.561 bits per heavy atom. The molecule has 6 nitrogen and oxygen atoms in total. The van der Waals surface area contributed by atoms with Crippen LogP contribution < -0.4 is 11.1 Å². The minimum absolute atomic E-state index is 0.0751. The topological polar surface area (TPSA) is 90.6 Å². The van der Waals surface area contributed by atoms with E-state index in [1.165, 1.54) is 141 Å². The molecule has 1 atom stereocenters. The smallest absolute Gasteiger partial charge is 0.220 e. The SMILES string of the molecule is CCCCCCCCCCCCCCOCC(CNC(=O)CCC(N)=O)OCCCCCCCCCCCCCC. The van der Waals surface area contributed by atoms with Crippen LogP contribution in [0.25, 0.3) is 0 Å². The second-order valence-electron chi connectivity index (χ2n) is 12.1. The maximum Gasteiger partial charge on any atom is 0.220 e. The van der Waals surface area contributed by atoms with E-state index in [0.717, 1.165) is 19.4 Å². The Labute approximate surface area is 255 Å². The summed E-state index contributed by atoms with van der Waals surface area (Å²) in [7, 11) is 0. The lowest BCUT2D eigenvalue weighted by Gasteiger charge is -2.19. The lowest BCUT2D eigenvalue weighted by atomic mass is 10.1. The molecule has 244 valence electrons. The zero-order valence-electron chi connectivity index (χ0n) is 27.5. The van der Waals surface area contributed by atoms with Crippen LogP contribution in [-0.4, -0.2) is 44.3 Å². The molecule has 0 aromatic carbocycles. The fourth-order valence-electron chi connectivity index (χ4n) is 5.17. The Morgan fingerprint density at radius 3 is 1.37 bits per heavy atom. The third-order valence-corrected chi connectivity index (χ3v) is 7.92. The summed E-state index contributed by atoms with van der Waals surface area (Å²) in [6, 6.07) is 0. The number of carbonyl (C=O) groups excluding carboxylic acids is 2. The molecule has 0 radical (unpaired) electrons. The van der Waals surface area contributed by atoms with Gasteiger partial charge in [-0.3, -0.25) is 9.59 Å². The van der Waals surface area contributed by atoms with Crippen molar-refractivity contribution < 1.29 is 19.1 Å². The average molecular weight is 583 g/mol. The maximum atomic E-state index is 12.0. The summed E-state index contributed by atoms with van der Waals surface area (Å²) in [6.07, 6.45) is 31.9. The number of primary amides is 1. The predicted molar refractivity (Wildman–Crippen MR) is 174 cm³/mol. The van der Waals surface area contributed by atoms with Crippen LogP contribution in [0.3, 0.4) is 0 Å². The first-order valence-electron chi connectivity index (χ1n) is 17.8. The van der Waals surface area contributed by atoms with Crippen molar-refractivity contribution in [2.75, 3.05) is 26.4 Å². The molecular weight excluding hydrogens is 512 g/mol. The highest BCUT2D eigenvalue weighted by Gasteiger charge is 2.12. The Bertz CT molecular complexity index is 558. The fraction of sp³-hybridized carbons (Fsp3) is 0.943. The minimum Gasteiger partial charge on any atom is -0.379 e. The molecule has 1 unspecified atom stereocenters. The van der Waals surface area contributed by atoms with Crippen molar-refractivity contribution >= 4 is 11.8 Å². The Morgan fingerprint density at radius 2 is 0.951 bits per heavy atom. The van der Waals surface area contributed by atoms with Gasteiger partial charge in [0.15, 0.2) is 0 Å². The number of hydrogen-bond acceptors (Lipinski definition) is 4. The first-order chi connectivity index (χ1) is 20.1. The van der Waals surface area contributed by atoms with E-state index >= 15 is 0 Å². The van der Waals surface area contributed by atoms with Gasteiger partial charge in [0, 0.05) is 32.6 Å². The van der Waals surface area contributed by atoms with Crippen LogP contribution >= 0.6 is 0 Å². The molecule has 0 rings (SSSR count). The normalized spacial score (nSPS) is 12.0. The second kappa shape index (κ2) is 33.4. The Kier molecular flexibility index (Phi) is 32.4. The number of amides is 2. The highest BCUT2D eigenvalue weighted by atomic mass is 16.5. The van der Waals surface area contributed by atoms with Gasteiger partial charge in [0.1, 0.15) is 0 Å². The van der Waals surface area contributed by atoms with Crippen molar-refractivity contribution in [2.24, 2.45) is 5.73 Å². The molecule has 6 heteroatoms. The lowest BCUT2D eigenvalue weighted by Crippen LogP contribution is -2.37. The summed E-state index contributed by atoms with van der Waals surface area (Å²) in [5.41, 5.74) is 5.16. The molecular formula is C35H70N2O4. The Balaban J connectivity index is 3.90. The summed E-state index contributed by atoms with van der Waals surface area (Å²) >= 11 is 0. The van der Waals surface area contributed by atoms with Gasteiger partial charge in [0.25, 0.3) is 0 Å². The van der Waals surface area contributed by atoms with E-state index in [9.17, 15) is 9.59 Å². The minimum atomic E-state index is -0.453. The number of hydrogen-bond donors (Lipinski definition) is 2. The number of nitrogens with two attached hydrogens (primary N) is 1. The molecule has 0 fully saturated rings. The third-order valence-electron chi connectivity index (χ3n) is 7.92. The van der Waals surface area contributed by atoms with Gasteiger partial charge in [-0.15, -0.1) is 0 Å². The summed E-state index contributed by atoms with van der Waals surface area (Å²) in [4.78, 5) is 23.0. The highest BCUT2D eigenvalue weighted by Crippen LogP contribution is 2.13. The standard InChI is InChI=1S/C35H70N2O4/c1-3-5-7-9-11-13-15-17-19-21-23-25-29-40-32-33(31-37-35(39)28-27-34(36)38)41-30-26-24-22-20-18-16-14-12-10-8-6-4-2/h33H,3-32H2,1-2H3,(H2,36,38)(H,37,39). The molecule has 41 heavy (non-hydrogen) atoms. The zero-order chi connectivity index (χ0) is 30.1. The zero-order valence-corrected chi connectivity index (χ0v) is 27.5. The maximum absolute atomic E-state index is 12.0. The molecule has 0 heterocycles. The van der Waals surface area contributed by atoms with Gasteiger partial charge >= 0.3 is 0 Å². The molecule has 0 aliphatic carbocycles. The lowest BCUT2D eigenvalue weighted by molar-refractivity contribution is -0.125. The molecule has 0 saturated carbocycles. The molecule has 0 spiro atoms. The summed E-state index contributed by atoms with van der Waals surface area (Å²) in [5.74, 6) is -0.616. The van der Waals surface area contributed by atoms with E-state index in [-0.39, 0.29) is 24.9 Å². The molecule has 2 amide bonds. The highest BCUT2D eigenvalue weighted by molar-refractivity contribution is 5.82. The van der Waals surface area contributed by atoms with Crippen molar-refractivity contribution in [1.82, 2.24) is 5.32 Å². The van der Waals surface area contributed by atoms with Crippen molar-refractivity contribution in [2.45, 2.75) is 187 Å². The Hall–Kier alpha value is -1.14. The van der Waals surface area contributed by atoms with E-state index in [1.54, 1.807) is 0 Å².